The SMILES string of the molecule is NC(=O)CNC(=O)Nc1cc(Cl)cnc1OCC(=O)N1C2CCC1CN(Cc1ccc(F)cc1)C2. The zero-order chi connectivity index (χ0) is 24.9. The molecule has 2 saturated heterocycles. The monoisotopic (exact) mass is 504 g/mol. The molecule has 0 radical (unpaired) electrons. The number of rotatable bonds is 8. The van der Waals surface area contributed by atoms with Gasteiger partial charge in [0.15, 0.2) is 6.61 Å². The van der Waals surface area contributed by atoms with Crippen molar-refractivity contribution in [2.45, 2.75) is 31.5 Å². The fourth-order valence-corrected chi connectivity index (χ4v) is 4.70. The van der Waals surface area contributed by atoms with Gasteiger partial charge in [-0.1, -0.05) is 23.7 Å². The van der Waals surface area contributed by atoms with Gasteiger partial charge in [0.05, 0.1) is 11.6 Å². The maximum absolute atomic E-state index is 13.2. The number of hydrogen-bond donors (Lipinski definition) is 3. The van der Waals surface area contributed by atoms with Crippen LogP contribution in [0.4, 0.5) is 14.9 Å². The number of ether oxygens (including phenoxy) is 1. The Morgan fingerprint density at radius 1 is 1.17 bits per heavy atom. The van der Waals surface area contributed by atoms with Crippen molar-refractivity contribution in [2.24, 2.45) is 5.73 Å². The van der Waals surface area contributed by atoms with Gasteiger partial charge >= 0.3 is 6.03 Å². The van der Waals surface area contributed by atoms with Crippen molar-refractivity contribution in [1.29, 1.82) is 0 Å². The Labute approximate surface area is 206 Å². The highest BCUT2D eigenvalue weighted by Crippen LogP contribution is 2.31. The van der Waals surface area contributed by atoms with Crippen molar-refractivity contribution in [2.75, 3.05) is 31.6 Å². The van der Waals surface area contributed by atoms with Crippen molar-refractivity contribution in [3.8, 4) is 5.88 Å². The summed E-state index contributed by atoms with van der Waals surface area (Å²) in [5.41, 5.74) is 6.20. The molecular formula is C23H26ClFN6O4. The Hall–Kier alpha value is -3.44. The predicted molar refractivity (Wildman–Crippen MR) is 126 cm³/mol. The largest absolute Gasteiger partial charge is 0.466 e. The van der Waals surface area contributed by atoms with Crippen LogP contribution in [0.2, 0.25) is 5.02 Å². The van der Waals surface area contributed by atoms with E-state index in [1.54, 1.807) is 12.1 Å². The van der Waals surface area contributed by atoms with Gasteiger partial charge in [0.1, 0.15) is 11.5 Å². The Morgan fingerprint density at radius 2 is 1.86 bits per heavy atom. The van der Waals surface area contributed by atoms with Gasteiger partial charge in [0.2, 0.25) is 11.8 Å². The highest BCUT2D eigenvalue weighted by molar-refractivity contribution is 6.30. The van der Waals surface area contributed by atoms with Crippen molar-refractivity contribution < 1.29 is 23.5 Å². The van der Waals surface area contributed by atoms with Crippen LogP contribution in [0.25, 0.3) is 0 Å². The highest BCUT2D eigenvalue weighted by atomic mass is 35.5. The number of nitrogens with two attached hydrogens (primary N) is 1. The molecule has 2 fully saturated rings. The number of nitrogens with zero attached hydrogens (tertiary/aromatic N) is 3. The quantitative estimate of drug-likeness (QED) is 0.502. The van der Waals surface area contributed by atoms with Crippen LogP contribution in [-0.2, 0) is 16.1 Å². The summed E-state index contributed by atoms with van der Waals surface area (Å²) < 4.78 is 18.8. The number of amides is 4. The lowest BCUT2D eigenvalue weighted by Gasteiger charge is -2.41. The van der Waals surface area contributed by atoms with E-state index < -0.39 is 11.9 Å². The van der Waals surface area contributed by atoms with E-state index in [-0.39, 0.29) is 53.5 Å². The van der Waals surface area contributed by atoms with E-state index in [1.807, 2.05) is 4.90 Å². The fraction of sp³-hybridized carbons (Fsp3) is 0.391. The van der Waals surface area contributed by atoms with Crippen LogP contribution >= 0.6 is 11.6 Å². The topological polar surface area (TPSA) is 130 Å². The highest BCUT2D eigenvalue weighted by Gasteiger charge is 2.42. The molecular weight excluding hydrogens is 479 g/mol. The summed E-state index contributed by atoms with van der Waals surface area (Å²) in [6.07, 6.45) is 3.15. The summed E-state index contributed by atoms with van der Waals surface area (Å²) in [6, 6.07) is 7.34. The number of likely N-dealkylation sites (tertiary alicyclic amines) is 1. The Bertz CT molecular complexity index is 1090. The Morgan fingerprint density at radius 3 is 2.51 bits per heavy atom. The van der Waals surface area contributed by atoms with Crippen LogP contribution in [0, 0.1) is 5.82 Å². The third-order valence-electron chi connectivity index (χ3n) is 5.99. The van der Waals surface area contributed by atoms with E-state index in [0.717, 1.165) is 31.5 Å². The maximum Gasteiger partial charge on any atom is 0.319 e. The summed E-state index contributed by atoms with van der Waals surface area (Å²) in [5, 5.41) is 5.03. The average molecular weight is 505 g/mol. The number of anilines is 1. The number of halogens is 2. The van der Waals surface area contributed by atoms with Gasteiger partial charge in [0.25, 0.3) is 5.91 Å². The van der Waals surface area contributed by atoms with Gasteiger partial charge in [-0.15, -0.1) is 0 Å². The molecule has 35 heavy (non-hydrogen) atoms. The molecule has 4 rings (SSSR count). The van der Waals surface area contributed by atoms with E-state index >= 15 is 0 Å². The molecule has 2 aliphatic heterocycles. The van der Waals surface area contributed by atoms with Gasteiger partial charge in [-0.2, -0.15) is 0 Å². The number of benzene rings is 1. The first-order valence-corrected chi connectivity index (χ1v) is 11.6. The van der Waals surface area contributed by atoms with Crippen LogP contribution < -0.4 is 21.1 Å². The van der Waals surface area contributed by atoms with E-state index in [0.29, 0.717) is 6.54 Å². The van der Waals surface area contributed by atoms with Gasteiger partial charge in [-0.25, -0.2) is 14.2 Å². The first kappa shape index (κ1) is 24.7. The molecule has 0 saturated carbocycles. The fourth-order valence-electron chi connectivity index (χ4n) is 4.54. The molecule has 0 aliphatic carbocycles. The van der Waals surface area contributed by atoms with Crippen molar-refractivity contribution in [1.82, 2.24) is 20.1 Å². The normalized spacial score (nSPS) is 19.3. The molecule has 3 heterocycles. The van der Waals surface area contributed by atoms with Crippen molar-refractivity contribution >= 4 is 35.1 Å². The molecule has 2 atom stereocenters. The number of primary amides is 1. The second-order valence-electron chi connectivity index (χ2n) is 8.58. The van der Waals surface area contributed by atoms with Gasteiger partial charge in [-0.3, -0.25) is 14.5 Å². The van der Waals surface area contributed by atoms with Gasteiger partial charge in [0, 0.05) is 37.9 Å². The smallest absolute Gasteiger partial charge is 0.319 e. The lowest BCUT2D eigenvalue weighted by atomic mass is 10.1. The molecule has 4 amide bonds. The second kappa shape index (κ2) is 10.9. The lowest BCUT2D eigenvalue weighted by molar-refractivity contribution is -0.139. The minimum absolute atomic E-state index is 0.0271. The van der Waals surface area contributed by atoms with Crippen LogP contribution in [0.5, 0.6) is 5.88 Å². The summed E-state index contributed by atoms with van der Waals surface area (Å²) in [7, 11) is 0. The number of nitrogens with one attached hydrogen (secondary N) is 2. The molecule has 2 aliphatic rings. The Kier molecular flexibility index (Phi) is 7.67. The maximum atomic E-state index is 13.2. The second-order valence-corrected chi connectivity index (χ2v) is 9.01. The average Bonchev–Trinajstić information content (AvgIpc) is 3.09. The van der Waals surface area contributed by atoms with Crippen LogP contribution in [0.1, 0.15) is 18.4 Å². The summed E-state index contributed by atoms with van der Waals surface area (Å²) in [4.78, 5) is 44.1. The molecule has 2 unspecified atom stereocenters. The predicted octanol–water partition coefficient (Wildman–Crippen LogP) is 1.74. The third-order valence-corrected chi connectivity index (χ3v) is 6.19. The summed E-state index contributed by atoms with van der Waals surface area (Å²) in [6.45, 7) is 1.56. The first-order chi connectivity index (χ1) is 16.8. The summed E-state index contributed by atoms with van der Waals surface area (Å²) >= 11 is 5.98. The van der Waals surface area contributed by atoms with Gasteiger partial charge in [-0.05, 0) is 36.6 Å². The van der Waals surface area contributed by atoms with E-state index in [4.69, 9.17) is 22.1 Å². The zero-order valence-electron chi connectivity index (χ0n) is 18.9. The molecule has 10 nitrogen and oxygen atoms in total. The van der Waals surface area contributed by atoms with E-state index in [9.17, 15) is 18.8 Å². The molecule has 12 heteroatoms. The van der Waals surface area contributed by atoms with E-state index in [1.165, 1.54) is 24.4 Å². The number of pyridine rings is 1. The lowest BCUT2D eigenvalue weighted by Crippen LogP contribution is -2.56. The third kappa shape index (κ3) is 6.37. The minimum atomic E-state index is -0.696. The molecule has 0 spiro atoms. The van der Waals surface area contributed by atoms with Crippen LogP contribution in [-0.4, -0.2) is 71.0 Å². The van der Waals surface area contributed by atoms with Crippen molar-refractivity contribution in [3.63, 3.8) is 0 Å². The number of carbonyl (C=O) groups excluding carboxylic acids is 3. The molecule has 4 N–H and O–H groups in total. The first-order valence-electron chi connectivity index (χ1n) is 11.2. The number of piperazine rings is 1. The number of urea groups is 1. The summed E-state index contributed by atoms with van der Waals surface area (Å²) in [5.74, 6) is -1.10. The van der Waals surface area contributed by atoms with Gasteiger partial charge < -0.3 is 26.0 Å². The number of fused-ring (bicyclic) bond motifs is 2. The van der Waals surface area contributed by atoms with Crippen LogP contribution in [0.15, 0.2) is 36.5 Å². The number of aromatic nitrogens is 1. The molecule has 2 bridgehead atoms. The number of carbonyl (C=O) groups is 3. The molecule has 186 valence electrons. The zero-order valence-corrected chi connectivity index (χ0v) is 19.6. The molecule has 1 aromatic heterocycles. The standard InChI is InChI=1S/C23H26ClFN6O4/c24-15-7-19(29-23(34)28-9-20(26)32)22(27-8-15)35-13-21(33)31-17-5-6-18(31)12-30(11-17)10-14-1-3-16(25)4-2-14/h1-4,7-8,17-18H,5-6,9-13H2,(H2,26,32)(H2,28,29,34). The van der Waals surface area contributed by atoms with Crippen LogP contribution in [0.3, 0.4) is 0 Å². The molecule has 2 aromatic rings. The Balaban J connectivity index is 1.34. The van der Waals surface area contributed by atoms with E-state index in [2.05, 4.69) is 20.5 Å². The minimum Gasteiger partial charge on any atom is -0.466 e. The van der Waals surface area contributed by atoms with Crippen molar-refractivity contribution in [3.05, 3.63) is 52.9 Å². The molecule has 1 aromatic carbocycles. The number of hydrogen-bond acceptors (Lipinski definition) is 6.